The Bertz CT molecular complexity index is 879. The van der Waals surface area contributed by atoms with Crippen molar-refractivity contribution in [3.05, 3.63) is 88.3 Å². The second-order valence-corrected chi connectivity index (χ2v) is 6.61. The van der Waals surface area contributed by atoms with Crippen molar-refractivity contribution >= 4 is 5.97 Å². The topological polar surface area (TPSA) is 58.6 Å². The molecule has 1 atom stereocenters. The van der Waals surface area contributed by atoms with E-state index >= 15 is 0 Å². The molecule has 2 aromatic rings. The highest BCUT2D eigenvalue weighted by Gasteiger charge is 2.28. The number of aryl methyl sites for hydroxylation is 1. The van der Waals surface area contributed by atoms with Gasteiger partial charge in [0.05, 0.1) is 5.57 Å². The van der Waals surface area contributed by atoms with Gasteiger partial charge in [0.2, 0.25) is 0 Å². The van der Waals surface area contributed by atoms with E-state index in [1.807, 2.05) is 56.3 Å². The number of para-hydroxylation sites is 1. The number of rotatable bonds is 5. The lowest BCUT2D eigenvalue weighted by Gasteiger charge is -2.26. The van der Waals surface area contributed by atoms with E-state index < -0.39 is 5.97 Å². The molecule has 0 spiro atoms. The molecular weight excluding hydrogens is 326 g/mol. The molecular formula is C22H23NO3. The molecule has 0 aromatic heterocycles. The first-order valence-electron chi connectivity index (χ1n) is 8.62. The zero-order chi connectivity index (χ0) is 18.7. The highest BCUT2D eigenvalue weighted by atomic mass is 16.5. The monoisotopic (exact) mass is 349 g/mol. The van der Waals surface area contributed by atoms with Crippen LogP contribution in [-0.4, -0.2) is 11.1 Å². The molecule has 1 aliphatic rings. The summed E-state index contributed by atoms with van der Waals surface area (Å²) >= 11 is 0. The average molecular weight is 349 g/mol. The molecule has 2 aromatic carbocycles. The van der Waals surface area contributed by atoms with Gasteiger partial charge in [0.1, 0.15) is 12.4 Å². The van der Waals surface area contributed by atoms with E-state index in [1.54, 1.807) is 6.92 Å². The molecule has 134 valence electrons. The quantitative estimate of drug-likeness (QED) is 0.833. The van der Waals surface area contributed by atoms with Gasteiger partial charge in [-0.3, -0.25) is 0 Å². The molecule has 2 N–H and O–H groups in total. The van der Waals surface area contributed by atoms with Gasteiger partial charge in [-0.25, -0.2) is 4.79 Å². The number of aliphatic carboxylic acids is 1. The third-order valence-electron chi connectivity index (χ3n) is 4.52. The van der Waals surface area contributed by atoms with Gasteiger partial charge >= 0.3 is 5.97 Å². The molecule has 0 fully saturated rings. The van der Waals surface area contributed by atoms with E-state index in [-0.39, 0.29) is 5.92 Å². The molecule has 0 saturated heterocycles. The molecule has 1 unspecified atom stereocenters. The van der Waals surface area contributed by atoms with Crippen LogP contribution < -0.4 is 10.1 Å². The first-order valence-corrected chi connectivity index (χ1v) is 8.62. The first kappa shape index (κ1) is 17.8. The standard InChI is InChI=1S/C22H23NO3/c1-14-8-10-17(11-9-14)13-26-20-7-5-4-6-18(20)19-12-15(2)23-16(3)21(19)22(24)25/h4-12,19,23H,13H2,1-3H3,(H,24,25). The lowest BCUT2D eigenvalue weighted by molar-refractivity contribution is -0.133. The average Bonchev–Trinajstić information content (AvgIpc) is 2.60. The van der Waals surface area contributed by atoms with Gasteiger partial charge in [-0.2, -0.15) is 0 Å². The highest BCUT2D eigenvalue weighted by molar-refractivity contribution is 5.90. The van der Waals surface area contributed by atoms with Crippen LogP contribution in [0, 0.1) is 6.92 Å². The maximum atomic E-state index is 11.8. The molecule has 0 saturated carbocycles. The smallest absolute Gasteiger partial charge is 0.334 e. The molecule has 0 amide bonds. The fourth-order valence-corrected chi connectivity index (χ4v) is 3.22. The lowest BCUT2D eigenvalue weighted by Crippen LogP contribution is -2.24. The number of hydrogen-bond donors (Lipinski definition) is 2. The van der Waals surface area contributed by atoms with Crippen LogP contribution >= 0.6 is 0 Å². The van der Waals surface area contributed by atoms with Crippen molar-refractivity contribution in [2.24, 2.45) is 0 Å². The highest BCUT2D eigenvalue weighted by Crippen LogP contribution is 2.37. The van der Waals surface area contributed by atoms with Crippen LogP contribution in [-0.2, 0) is 11.4 Å². The van der Waals surface area contributed by atoms with Crippen LogP contribution in [0.5, 0.6) is 5.75 Å². The zero-order valence-corrected chi connectivity index (χ0v) is 15.2. The van der Waals surface area contributed by atoms with Crippen LogP contribution in [0.3, 0.4) is 0 Å². The van der Waals surface area contributed by atoms with Gasteiger partial charge in [-0.05, 0) is 32.4 Å². The van der Waals surface area contributed by atoms with Gasteiger partial charge in [0, 0.05) is 22.9 Å². The zero-order valence-electron chi connectivity index (χ0n) is 15.2. The minimum Gasteiger partial charge on any atom is -0.489 e. The molecule has 26 heavy (non-hydrogen) atoms. The van der Waals surface area contributed by atoms with E-state index in [0.717, 1.165) is 16.8 Å². The van der Waals surface area contributed by atoms with Crippen LogP contribution in [0.1, 0.15) is 36.5 Å². The summed E-state index contributed by atoms with van der Waals surface area (Å²) in [6.45, 7) is 6.22. The van der Waals surface area contributed by atoms with Crippen molar-refractivity contribution in [2.45, 2.75) is 33.3 Å². The van der Waals surface area contributed by atoms with Crippen molar-refractivity contribution in [3.63, 3.8) is 0 Å². The predicted octanol–water partition coefficient (Wildman–Crippen LogP) is 4.52. The maximum absolute atomic E-state index is 11.8. The van der Waals surface area contributed by atoms with E-state index in [9.17, 15) is 9.90 Å². The van der Waals surface area contributed by atoms with Crippen molar-refractivity contribution in [3.8, 4) is 5.75 Å². The normalized spacial score (nSPS) is 16.7. The lowest BCUT2D eigenvalue weighted by atomic mass is 9.86. The van der Waals surface area contributed by atoms with Gasteiger partial charge < -0.3 is 15.2 Å². The van der Waals surface area contributed by atoms with Gasteiger partial charge in [-0.15, -0.1) is 0 Å². The third kappa shape index (κ3) is 3.80. The number of allylic oxidation sites excluding steroid dienone is 3. The van der Waals surface area contributed by atoms with Gasteiger partial charge in [0.25, 0.3) is 0 Å². The van der Waals surface area contributed by atoms with E-state index in [0.29, 0.717) is 23.6 Å². The minimum atomic E-state index is -0.919. The Morgan fingerprint density at radius 1 is 1.08 bits per heavy atom. The Hall–Kier alpha value is -3.01. The summed E-state index contributed by atoms with van der Waals surface area (Å²) in [5.74, 6) is -0.560. The van der Waals surface area contributed by atoms with Crippen LogP contribution in [0.15, 0.2) is 71.6 Å². The Balaban J connectivity index is 1.92. The summed E-state index contributed by atoms with van der Waals surface area (Å²) in [5, 5.41) is 12.8. The molecule has 0 radical (unpaired) electrons. The molecule has 1 aliphatic heterocycles. The largest absolute Gasteiger partial charge is 0.489 e. The summed E-state index contributed by atoms with van der Waals surface area (Å²) in [6.07, 6.45) is 1.94. The number of carboxylic acid groups (broad SMARTS) is 1. The SMILES string of the molecule is CC1=CC(c2ccccc2OCc2ccc(C)cc2)C(C(=O)O)=C(C)N1. The van der Waals surface area contributed by atoms with E-state index in [1.165, 1.54) is 5.56 Å². The number of nitrogens with one attached hydrogen (secondary N) is 1. The van der Waals surface area contributed by atoms with Crippen molar-refractivity contribution in [2.75, 3.05) is 0 Å². The summed E-state index contributed by atoms with van der Waals surface area (Å²) < 4.78 is 6.05. The number of ether oxygens (including phenoxy) is 1. The molecule has 0 bridgehead atoms. The predicted molar refractivity (Wildman–Crippen MR) is 102 cm³/mol. The van der Waals surface area contributed by atoms with Crippen molar-refractivity contribution in [1.29, 1.82) is 0 Å². The second kappa shape index (κ2) is 7.48. The van der Waals surface area contributed by atoms with Crippen LogP contribution in [0.2, 0.25) is 0 Å². The second-order valence-electron chi connectivity index (χ2n) is 6.61. The van der Waals surface area contributed by atoms with Gasteiger partial charge in [-0.1, -0.05) is 54.1 Å². The molecule has 0 aliphatic carbocycles. The number of dihydropyridines is 1. The van der Waals surface area contributed by atoms with Crippen molar-refractivity contribution in [1.82, 2.24) is 5.32 Å². The molecule has 4 heteroatoms. The minimum absolute atomic E-state index is 0.344. The molecule has 4 nitrogen and oxygen atoms in total. The van der Waals surface area contributed by atoms with E-state index in [4.69, 9.17) is 4.74 Å². The molecule has 3 rings (SSSR count). The summed E-state index contributed by atoms with van der Waals surface area (Å²) in [4.78, 5) is 11.8. The fraction of sp³-hybridized carbons (Fsp3) is 0.227. The Labute approximate surface area is 153 Å². The number of carbonyl (C=O) groups is 1. The van der Waals surface area contributed by atoms with E-state index in [2.05, 4.69) is 17.4 Å². The summed E-state index contributed by atoms with van der Waals surface area (Å²) in [5.41, 5.74) is 5.09. The van der Waals surface area contributed by atoms with Gasteiger partial charge in [0.15, 0.2) is 0 Å². The fourth-order valence-electron chi connectivity index (χ4n) is 3.22. The number of benzene rings is 2. The number of carboxylic acids is 1. The van der Waals surface area contributed by atoms with Crippen LogP contribution in [0.4, 0.5) is 0 Å². The molecule has 1 heterocycles. The third-order valence-corrected chi connectivity index (χ3v) is 4.52. The Morgan fingerprint density at radius 3 is 2.46 bits per heavy atom. The summed E-state index contributed by atoms with van der Waals surface area (Å²) in [6, 6.07) is 15.8. The first-order chi connectivity index (χ1) is 12.5. The Morgan fingerprint density at radius 2 is 1.77 bits per heavy atom. The van der Waals surface area contributed by atoms with Crippen molar-refractivity contribution < 1.29 is 14.6 Å². The summed E-state index contributed by atoms with van der Waals surface area (Å²) in [7, 11) is 0. The Kier molecular flexibility index (Phi) is 5.12. The maximum Gasteiger partial charge on any atom is 0.334 e. The number of hydrogen-bond acceptors (Lipinski definition) is 3. The van der Waals surface area contributed by atoms with Crippen LogP contribution in [0.25, 0.3) is 0 Å².